The molecule has 1 unspecified atom stereocenters. The molecule has 9 nitrogen and oxygen atoms in total. The number of carbonyl (C=O) groups is 2. The quantitative estimate of drug-likeness (QED) is 0.334. The van der Waals surface area contributed by atoms with Gasteiger partial charge in [-0.15, -0.1) is 23.1 Å². The van der Waals surface area contributed by atoms with Gasteiger partial charge >= 0.3 is 18.1 Å². The molecule has 0 amide bonds. The van der Waals surface area contributed by atoms with Crippen LogP contribution in [0.4, 0.5) is 13.2 Å². The van der Waals surface area contributed by atoms with E-state index >= 15 is 0 Å². The number of ether oxygens (including phenoxy) is 1. The second kappa shape index (κ2) is 10.0. The number of alkyl halides is 3. The molecule has 2 aromatic heterocycles. The first-order chi connectivity index (χ1) is 17.8. The second-order valence-electron chi connectivity index (χ2n) is 8.39. The van der Waals surface area contributed by atoms with Crippen molar-refractivity contribution in [3.63, 3.8) is 0 Å². The first-order valence-corrected chi connectivity index (χ1v) is 14.6. The highest BCUT2D eigenvalue weighted by Gasteiger charge is 2.79. The minimum Gasteiger partial charge on any atom is -0.480 e. The Kier molecular flexibility index (Phi) is 7.42. The number of carboxylic acid groups (broad SMARTS) is 1. The maximum Gasteiger partial charge on any atom is 0.452 e. The maximum absolute atomic E-state index is 13.4. The van der Waals surface area contributed by atoms with Crippen LogP contribution in [0.2, 0.25) is 0 Å². The van der Waals surface area contributed by atoms with Gasteiger partial charge in [-0.05, 0) is 37.3 Å². The molecule has 1 fully saturated rings. The van der Waals surface area contributed by atoms with Crippen molar-refractivity contribution < 1.29 is 45.5 Å². The average Bonchev–Trinajstić information content (AvgIpc) is 3.22. The Labute approximate surface area is 223 Å². The molecule has 204 valence electrons. The topological polar surface area (TPSA) is 136 Å². The molecule has 1 aromatic carbocycles. The second-order valence-corrected chi connectivity index (χ2v) is 12.3. The van der Waals surface area contributed by atoms with E-state index in [1.165, 1.54) is 6.07 Å². The summed E-state index contributed by atoms with van der Waals surface area (Å²) < 4.78 is 76.9. The lowest BCUT2D eigenvalue weighted by atomic mass is 9.87. The van der Waals surface area contributed by atoms with Crippen molar-refractivity contribution in [2.75, 3.05) is 12.9 Å². The summed E-state index contributed by atoms with van der Waals surface area (Å²) in [6, 6.07) is 11.2. The fraction of sp³-hybridized carbons (Fsp3) is 0.348. The molecule has 0 bridgehead atoms. The van der Waals surface area contributed by atoms with Crippen LogP contribution in [-0.4, -0.2) is 54.3 Å². The molecule has 1 saturated carbocycles. The number of carbonyl (C=O) groups excluding carboxylic acids is 1. The van der Waals surface area contributed by atoms with Crippen LogP contribution in [-0.2, 0) is 35.9 Å². The van der Waals surface area contributed by atoms with Crippen molar-refractivity contribution in [2.45, 2.75) is 39.9 Å². The van der Waals surface area contributed by atoms with Crippen LogP contribution < -0.4 is 4.72 Å². The van der Waals surface area contributed by atoms with Crippen molar-refractivity contribution in [3.8, 4) is 10.6 Å². The summed E-state index contributed by atoms with van der Waals surface area (Å²) in [6.07, 6.45) is -3.41. The van der Waals surface area contributed by atoms with Crippen molar-refractivity contribution in [1.82, 2.24) is 9.88 Å². The summed E-state index contributed by atoms with van der Waals surface area (Å²) in [5.74, 6) is -3.52. The number of esters is 1. The molecule has 2 heterocycles. The zero-order valence-corrected chi connectivity index (χ0v) is 22.3. The van der Waals surface area contributed by atoms with Crippen molar-refractivity contribution >= 4 is 45.1 Å². The van der Waals surface area contributed by atoms with Gasteiger partial charge in [0.2, 0.25) is 5.76 Å². The normalized spacial score (nSPS) is 22.1. The monoisotopic (exact) mass is 590 g/mol. The fourth-order valence-corrected chi connectivity index (χ4v) is 8.24. The minimum absolute atomic E-state index is 0.0443. The molecule has 0 spiro atoms. The van der Waals surface area contributed by atoms with Gasteiger partial charge in [-0.3, -0.25) is 9.59 Å². The van der Waals surface area contributed by atoms with E-state index in [9.17, 15) is 36.3 Å². The van der Waals surface area contributed by atoms with E-state index in [0.717, 1.165) is 17.8 Å². The smallest absolute Gasteiger partial charge is 0.452 e. The van der Waals surface area contributed by atoms with Gasteiger partial charge < -0.3 is 14.4 Å². The summed E-state index contributed by atoms with van der Waals surface area (Å²) in [7, 11) is -4.52. The molecule has 0 saturated heterocycles. The largest absolute Gasteiger partial charge is 0.480 e. The SMILES string of the molecule is CCOC(=O)C(SC)[C@@]1(c2ccccc2)C[C@]1(NS(=O)(=O)c1ccc(-c2cc(C(F)(F)F)on2)s1)C(=O)O. The van der Waals surface area contributed by atoms with E-state index in [0.29, 0.717) is 23.0 Å². The lowest BCUT2D eigenvalue weighted by molar-refractivity contribution is -0.155. The van der Waals surface area contributed by atoms with Crippen molar-refractivity contribution in [3.05, 3.63) is 59.9 Å². The van der Waals surface area contributed by atoms with Gasteiger partial charge in [-0.25, -0.2) is 8.42 Å². The Balaban J connectivity index is 1.73. The number of rotatable bonds is 10. The first-order valence-electron chi connectivity index (χ1n) is 11.0. The van der Waals surface area contributed by atoms with Crippen LogP contribution >= 0.6 is 23.1 Å². The van der Waals surface area contributed by atoms with E-state index < -0.39 is 50.1 Å². The van der Waals surface area contributed by atoms with E-state index in [4.69, 9.17) is 4.74 Å². The molecule has 38 heavy (non-hydrogen) atoms. The highest BCUT2D eigenvalue weighted by atomic mass is 32.2. The highest BCUT2D eigenvalue weighted by Crippen LogP contribution is 2.63. The number of aliphatic carboxylic acids is 1. The Morgan fingerprint density at radius 3 is 2.50 bits per heavy atom. The summed E-state index contributed by atoms with van der Waals surface area (Å²) in [5.41, 5.74) is -3.37. The number of nitrogens with one attached hydrogen (secondary N) is 1. The maximum atomic E-state index is 13.4. The molecular weight excluding hydrogens is 569 g/mol. The van der Waals surface area contributed by atoms with Crippen molar-refractivity contribution in [1.29, 1.82) is 0 Å². The summed E-state index contributed by atoms with van der Waals surface area (Å²) in [6.45, 7) is 1.65. The van der Waals surface area contributed by atoms with Gasteiger partial charge in [0.1, 0.15) is 20.7 Å². The third kappa shape index (κ3) is 4.72. The third-order valence-electron chi connectivity index (χ3n) is 6.22. The van der Waals surface area contributed by atoms with Gasteiger partial charge in [0.05, 0.1) is 16.9 Å². The van der Waals surface area contributed by atoms with E-state index in [1.807, 2.05) is 0 Å². The number of aromatic nitrogens is 1. The number of benzene rings is 1. The standard InChI is InChI=1S/C23H21F3N2O7S3/c1-3-34-19(29)18(36-2)21(13-7-5-4-6-8-13)12-22(21,20(30)31)28-38(32,33)17-10-9-15(37-17)14-11-16(35-27-14)23(24,25)26/h4-11,18,28H,3,12H2,1-2H3,(H,30,31)/t18?,21-,22-/m0/s1. The lowest BCUT2D eigenvalue weighted by Crippen LogP contribution is -2.52. The van der Waals surface area contributed by atoms with Gasteiger partial charge in [0, 0.05) is 6.07 Å². The van der Waals surface area contributed by atoms with Crippen LogP contribution in [0.25, 0.3) is 10.6 Å². The number of nitrogens with zero attached hydrogens (tertiary/aromatic N) is 1. The Hall–Kier alpha value is -2.88. The zero-order chi connectivity index (χ0) is 27.9. The van der Waals surface area contributed by atoms with E-state index in [2.05, 4.69) is 14.4 Å². The number of hydrogen-bond acceptors (Lipinski definition) is 9. The molecule has 15 heteroatoms. The predicted octanol–water partition coefficient (Wildman–Crippen LogP) is 4.16. The molecular formula is C23H21F3N2O7S3. The predicted molar refractivity (Wildman–Crippen MR) is 132 cm³/mol. The summed E-state index contributed by atoms with van der Waals surface area (Å²) >= 11 is 1.64. The zero-order valence-electron chi connectivity index (χ0n) is 19.8. The Morgan fingerprint density at radius 2 is 1.95 bits per heavy atom. The molecule has 3 atom stereocenters. The summed E-state index contributed by atoms with van der Waals surface area (Å²) in [5, 5.41) is 12.6. The molecule has 0 radical (unpaired) electrons. The van der Waals surface area contributed by atoms with Crippen molar-refractivity contribution in [2.24, 2.45) is 0 Å². The van der Waals surface area contributed by atoms with Crippen LogP contribution in [0.5, 0.6) is 0 Å². The molecule has 0 aliphatic heterocycles. The van der Waals surface area contributed by atoms with Gasteiger partial charge in [-0.1, -0.05) is 35.5 Å². The lowest BCUT2D eigenvalue weighted by Gasteiger charge is -2.29. The highest BCUT2D eigenvalue weighted by molar-refractivity contribution is 8.00. The molecule has 1 aliphatic rings. The van der Waals surface area contributed by atoms with E-state index in [-0.39, 0.29) is 27.8 Å². The molecule has 3 aromatic rings. The number of halogens is 3. The van der Waals surface area contributed by atoms with Crippen LogP contribution in [0.3, 0.4) is 0 Å². The third-order valence-corrected chi connectivity index (χ3v) is 10.4. The van der Waals surface area contributed by atoms with Crippen LogP contribution in [0.1, 0.15) is 24.7 Å². The number of carboxylic acids is 1. The average molecular weight is 591 g/mol. The number of sulfonamides is 1. The van der Waals surface area contributed by atoms with E-state index in [1.54, 1.807) is 43.5 Å². The number of thioether (sulfide) groups is 1. The van der Waals surface area contributed by atoms with Gasteiger partial charge in [0.15, 0.2) is 0 Å². The molecule has 1 aliphatic carbocycles. The first kappa shape index (κ1) is 28.1. The van der Waals surface area contributed by atoms with Crippen LogP contribution in [0.15, 0.2) is 57.3 Å². The van der Waals surface area contributed by atoms with Gasteiger partial charge in [0.25, 0.3) is 10.0 Å². The molecule has 2 N–H and O–H groups in total. The summed E-state index contributed by atoms with van der Waals surface area (Å²) in [4.78, 5) is 25.7. The van der Waals surface area contributed by atoms with Crippen LogP contribution in [0, 0.1) is 0 Å². The molecule has 4 rings (SSSR count). The Bertz CT molecular complexity index is 1460. The fourth-order valence-electron chi connectivity index (χ4n) is 4.49. The minimum atomic E-state index is -4.77. The Morgan fingerprint density at radius 1 is 1.26 bits per heavy atom. The van der Waals surface area contributed by atoms with Gasteiger partial charge in [-0.2, -0.15) is 17.9 Å². The number of thiophene rings is 1. The number of hydrogen-bond donors (Lipinski definition) is 2.